The average molecular weight is 236 g/mol. The van der Waals surface area contributed by atoms with Crippen molar-refractivity contribution in [1.29, 1.82) is 0 Å². The fourth-order valence-electron chi connectivity index (χ4n) is 1.35. The molecule has 8 heteroatoms. The highest BCUT2D eigenvalue weighted by Gasteiger charge is 2.18. The molecule has 0 saturated heterocycles. The van der Waals surface area contributed by atoms with Gasteiger partial charge in [0.1, 0.15) is 6.20 Å². The Labute approximate surface area is 94.8 Å². The summed E-state index contributed by atoms with van der Waals surface area (Å²) < 4.78 is 4.79. The molecule has 2 aromatic rings. The first-order valence-corrected chi connectivity index (χ1v) is 4.79. The van der Waals surface area contributed by atoms with Gasteiger partial charge in [-0.25, -0.2) is 9.78 Å². The van der Waals surface area contributed by atoms with Crippen LogP contribution in [0.15, 0.2) is 12.3 Å². The van der Waals surface area contributed by atoms with Gasteiger partial charge in [0, 0.05) is 6.07 Å². The maximum Gasteiger partial charge on any atom is 0.357 e. The average Bonchev–Trinajstić information content (AvgIpc) is 2.71. The summed E-state index contributed by atoms with van der Waals surface area (Å²) in [5, 5.41) is 17.1. The van der Waals surface area contributed by atoms with Crippen molar-refractivity contribution >= 4 is 22.7 Å². The molecule has 0 spiro atoms. The number of carbonyl (C=O) groups excluding carboxylic acids is 1. The Bertz CT molecular complexity index is 592. The van der Waals surface area contributed by atoms with Gasteiger partial charge in [-0.2, -0.15) is 5.10 Å². The molecule has 0 amide bonds. The zero-order valence-corrected chi connectivity index (χ0v) is 8.84. The summed E-state index contributed by atoms with van der Waals surface area (Å²) in [4.78, 5) is 25.3. The number of pyridine rings is 1. The molecule has 2 rings (SSSR count). The molecule has 0 unspecified atom stereocenters. The summed E-state index contributed by atoms with van der Waals surface area (Å²) in [5.74, 6) is -0.614. The van der Waals surface area contributed by atoms with E-state index in [9.17, 15) is 14.9 Å². The van der Waals surface area contributed by atoms with E-state index in [-0.39, 0.29) is 29.0 Å². The summed E-state index contributed by atoms with van der Waals surface area (Å²) in [6.07, 6.45) is 1.08. The highest BCUT2D eigenvalue weighted by atomic mass is 16.6. The number of aromatic nitrogens is 3. The predicted octanol–water partition coefficient (Wildman–Crippen LogP) is 1.04. The second-order valence-corrected chi connectivity index (χ2v) is 3.14. The van der Waals surface area contributed by atoms with Crippen molar-refractivity contribution in [3.8, 4) is 0 Å². The third kappa shape index (κ3) is 1.92. The van der Waals surface area contributed by atoms with E-state index in [0.29, 0.717) is 0 Å². The molecule has 0 saturated carbocycles. The Balaban J connectivity index is 2.54. The Morgan fingerprint density at radius 2 is 2.41 bits per heavy atom. The predicted molar refractivity (Wildman–Crippen MR) is 56.5 cm³/mol. The van der Waals surface area contributed by atoms with Crippen molar-refractivity contribution in [2.45, 2.75) is 6.92 Å². The van der Waals surface area contributed by atoms with Crippen LogP contribution in [0.3, 0.4) is 0 Å². The quantitative estimate of drug-likeness (QED) is 0.484. The van der Waals surface area contributed by atoms with Crippen molar-refractivity contribution in [2.24, 2.45) is 0 Å². The molecule has 0 aromatic carbocycles. The summed E-state index contributed by atoms with van der Waals surface area (Å²) >= 11 is 0. The van der Waals surface area contributed by atoms with Crippen LogP contribution in [0.2, 0.25) is 0 Å². The van der Waals surface area contributed by atoms with E-state index >= 15 is 0 Å². The maximum atomic E-state index is 11.5. The number of hydrogen-bond acceptors (Lipinski definition) is 6. The van der Waals surface area contributed by atoms with Crippen molar-refractivity contribution in [3.63, 3.8) is 0 Å². The van der Waals surface area contributed by atoms with E-state index in [0.717, 1.165) is 6.20 Å². The lowest BCUT2D eigenvalue weighted by molar-refractivity contribution is -0.385. The number of nitrogens with zero attached hydrogens (tertiary/aromatic N) is 3. The third-order valence-corrected chi connectivity index (χ3v) is 2.09. The number of H-pyrrole nitrogens is 1. The minimum Gasteiger partial charge on any atom is -0.461 e. The molecule has 8 nitrogen and oxygen atoms in total. The number of fused-ring (bicyclic) bond motifs is 1. The highest BCUT2D eigenvalue weighted by Crippen LogP contribution is 2.20. The number of aromatic amines is 1. The van der Waals surface area contributed by atoms with Gasteiger partial charge in [-0.15, -0.1) is 0 Å². The van der Waals surface area contributed by atoms with Gasteiger partial charge in [0.25, 0.3) is 5.69 Å². The number of hydrogen-bond donors (Lipinski definition) is 1. The Morgan fingerprint density at radius 3 is 3.06 bits per heavy atom. The molecule has 0 aliphatic rings. The van der Waals surface area contributed by atoms with Crippen molar-refractivity contribution in [1.82, 2.24) is 15.2 Å². The van der Waals surface area contributed by atoms with Gasteiger partial charge in [-0.3, -0.25) is 15.2 Å². The van der Waals surface area contributed by atoms with E-state index < -0.39 is 10.9 Å². The van der Waals surface area contributed by atoms with Crippen LogP contribution in [0.4, 0.5) is 5.69 Å². The van der Waals surface area contributed by atoms with Gasteiger partial charge >= 0.3 is 5.97 Å². The first-order valence-electron chi connectivity index (χ1n) is 4.79. The number of carbonyl (C=O) groups is 1. The van der Waals surface area contributed by atoms with Crippen LogP contribution in [-0.4, -0.2) is 32.7 Å². The minimum absolute atomic E-state index is 0.0676. The lowest BCUT2D eigenvalue weighted by atomic mass is 10.2. The van der Waals surface area contributed by atoms with Crippen molar-refractivity contribution in [2.75, 3.05) is 6.61 Å². The maximum absolute atomic E-state index is 11.5. The van der Waals surface area contributed by atoms with Gasteiger partial charge in [0.05, 0.1) is 16.9 Å². The molecule has 0 atom stereocenters. The number of nitrogens with one attached hydrogen (secondary N) is 1. The normalized spacial score (nSPS) is 10.4. The van der Waals surface area contributed by atoms with Gasteiger partial charge in [-0.1, -0.05) is 0 Å². The fourth-order valence-corrected chi connectivity index (χ4v) is 1.35. The van der Waals surface area contributed by atoms with Gasteiger partial charge in [-0.05, 0) is 6.92 Å². The molecule has 88 valence electrons. The molecule has 2 aromatic heterocycles. The van der Waals surface area contributed by atoms with E-state index in [1.54, 1.807) is 6.92 Å². The van der Waals surface area contributed by atoms with Crippen LogP contribution in [0.1, 0.15) is 17.4 Å². The smallest absolute Gasteiger partial charge is 0.357 e. The molecule has 1 N–H and O–H groups in total. The van der Waals surface area contributed by atoms with Crippen LogP contribution in [0, 0.1) is 10.1 Å². The summed E-state index contributed by atoms with van der Waals surface area (Å²) in [5.41, 5.74) is 0.0983. The molecule has 0 radical (unpaired) electrons. The summed E-state index contributed by atoms with van der Waals surface area (Å²) in [6.45, 7) is 1.87. The molecule has 0 aliphatic heterocycles. The number of ether oxygens (including phenoxy) is 1. The second-order valence-electron chi connectivity index (χ2n) is 3.14. The lowest BCUT2D eigenvalue weighted by Crippen LogP contribution is -2.05. The Hall–Kier alpha value is -2.51. The second kappa shape index (κ2) is 4.16. The largest absolute Gasteiger partial charge is 0.461 e. The molecular formula is C9H8N4O4. The van der Waals surface area contributed by atoms with Crippen LogP contribution in [-0.2, 0) is 4.74 Å². The first kappa shape index (κ1) is 11.0. The number of rotatable bonds is 3. The monoisotopic (exact) mass is 236 g/mol. The van der Waals surface area contributed by atoms with Crippen molar-refractivity contribution in [3.05, 3.63) is 28.1 Å². The Kier molecular flexibility index (Phi) is 2.69. The summed E-state index contributed by atoms with van der Waals surface area (Å²) in [6, 6.07) is 1.23. The molecule has 0 aliphatic carbocycles. The van der Waals surface area contributed by atoms with E-state index in [1.807, 2.05) is 0 Å². The van der Waals surface area contributed by atoms with E-state index in [2.05, 4.69) is 15.2 Å². The molecule has 0 fully saturated rings. The molecular weight excluding hydrogens is 228 g/mol. The van der Waals surface area contributed by atoms with Crippen molar-refractivity contribution < 1.29 is 14.5 Å². The first-order chi connectivity index (χ1) is 8.13. The van der Waals surface area contributed by atoms with Gasteiger partial charge in [0.2, 0.25) is 0 Å². The Morgan fingerprint density at radius 1 is 1.65 bits per heavy atom. The lowest BCUT2D eigenvalue weighted by Gasteiger charge is -1.98. The number of esters is 1. The standard InChI is InChI=1S/C9H8N4O4/c1-2-17-9(14)7-6-3-5(13(15)16)4-10-8(6)12-11-7/h3-4H,2H2,1H3,(H,10,11,12). The van der Waals surface area contributed by atoms with Gasteiger partial charge in [0.15, 0.2) is 11.3 Å². The SMILES string of the molecule is CCOC(=O)c1[nH]nc2ncc([N+](=O)[O-])cc12. The van der Waals surface area contributed by atoms with Crippen LogP contribution >= 0.6 is 0 Å². The molecule has 17 heavy (non-hydrogen) atoms. The minimum atomic E-state index is -0.614. The van der Waals surface area contributed by atoms with E-state index in [4.69, 9.17) is 4.74 Å². The molecule has 0 bridgehead atoms. The highest BCUT2D eigenvalue weighted by molar-refractivity contribution is 6.01. The van der Waals surface area contributed by atoms with Crippen LogP contribution in [0.25, 0.3) is 11.0 Å². The topological polar surface area (TPSA) is 111 Å². The van der Waals surface area contributed by atoms with Gasteiger partial charge < -0.3 is 4.74 Å². The fraction of sp³-hybridized carbons (Fsp3) is 0.222. The van der Waals surface area contributed by atoms with E-state index in [1.165, 1.54) is 6.07 Å². The zero-order chi connectivity index (χ0) is 12.4. The zero-order valence-electron chi connectivity index (χ0n) is 8.84. The third-order valence-electron chi connectivity index (χ3n) is 2.09. The molecule has 2 heterocycles. The van der Waals surface area contributed by atoms with Crippen LogP contribution < -0.4 is 0 Å². The number of nitro groups is 1. The van der Waals surface area contributed by atoms with Crippen LogP contribution in [0.5, 0.6) is 0 Å². The summed E-state index contributed by atoms with van der Waals surface area (Å²) in [7, 11) is 0.